The van der Waals surface area contributed by atoms with Gasteiger partial charge in [-0.15, -0.1) is 0 Å². The van der Waals surface area contributed by atoms with Crippen LogP contribution in [0, 0.1) is 11.6 Å². The maximum atomic E-state index is 13.7. The van der Waals surface area contributed by atoms with E-state index in [2.05, 4.69) is 0 Å². The monoisotopic (exact) mass is 227 g/mol. The van der Waals surface area contributed by atoms with Crippen molar-refractivity contribution in [3.63, 3.8) is 0 Å². The molecule has 2 rings (SSSR count). The molecule has 0 spiro atoms. The van der Waals surface area contributed by atoms with Gasteiger partial charge in [0, 0.05) is 11.1 Å². The van der Waals surface area contributed by atoms with Crippen molar-refractivity contribution >= 4 is 0 Å². The molecule has 0 saturated heterocycles. The maximum Gasteiger partial charge on any atom is 0.171 e. The topological polar surface area (TPSA) is 35.2 Å². The fourth-order valence-corrected chi connectivity index (χ4v) is 1.75. The molecule has 88 valence electrons. The van der Waals surface area contributed by atoms with Crippen LogP contribution in [0.1, 0.15) is 24.8 Å². The van der Waals surface area contributed by atoms with Gasteiger partial charge in [0.1, 0.15) is 5.82 Å². The summed E-state index contributed by atoms with van der Waals surface area (Å²) in [6, 6.07) is 2.52. The zero-order valence-electron chi connectivity index (χ0n) is 9.22. The Kier molecular flexibility index (Phi) is 2.84. The lowest BCUT2D eigenvalue weighted by molar-refractivity contribution is 0.379. The maximum absolute atomic E-state index is 13.7. The Labute approximate surface area is 93.4 Å². The van der Waals surface area contributed by atoms with Crippen molar-refractivity contribution in [1.29, 1.82) is 0 Å². The van der Waals surface area contributed by atoms with E-state index < -0.39 is 11.6 Å². The number of hydrogen-bond donors (Lipinski definition) is 1. The highest BCUT2D eigenvalue weighted by atomic mass is 19.1. The van der Waals surface area contributed by atoms with E-state index in [0.29, 0.717) is 12.8 Å². The molecule has 0 aromatic heterocycles. The quantitative estimate of drug-likeness (QED) is 0.857. The molecule has 0 unspecified atom stereocenters. The van der Waals surface area contributed by atoms with Crippen LogP contribution >= 0.6 is 0 Å². The predicted octanol–water partition coefficient (Wildman–Crippen LogP) is 2.40. The van der Waals surface area contributed by atoms with Crippen LogP contribution in [0.3, 0.4) is 0 Å². The number of nitrogens with two attached hydrogens (primary N) is 1. The minimum atomic E-state index is -0.605. The predicted molar refractivity (Wildman–Crippen MR) is 57.4 cm³/mol. The summed E-state index contributed by atoms with van der Waals surface area (Å²) in [5.74, 6) is -1.05. The molecule has 0 aliphatic heterocycles. The van der Waals surface area contributed by atoms with Crippen LogP contribution in [0.4, 0.5) is 8.78 Å². The summed E-state index contributed by atoms with van der Waals surface area (Å²) in [5, 5.41) is 0. The highest BCUT2D eigenvalue weighted by Gasteiger charge is 2.37. The number of ether oxygens (including phenoxy) is 1. The van der Waals surface area contributed by atoms with Gasteiger partial charge < -0.3 is 10.5 Å². The molecule has 1 aromatic rings. The summed E-state index contributed by atoms with van der Waals surface area (Å²) in [6.07, 6.45) is 2.83. The van der Waals surface area contributed by atoms with E-state index in [-0.39, 0.29) is 16.9 Å². The van der Waals surface area contributed by atoms with Crippen molar-refractivity contribution in [2.45, 2.75) is 31.2 Å². The highest BCUT2D eigenvalue weighted by molar-refractivity contribution is 5.32. The Morgan fingerprint density at radius 3 is 2.62 bits per heavy atom. The molecule has 1 aromatic carbocycles. The number of halogens is 2. The summed E-state index contributed by atoms with van der Waals surface area (Å²) in [5.41, 5.74) is 5.78. The first-order valence-corrected chi connectivity index (χ1v) is 5.35. The summed E-state index contributed by atoms with van der Waals surface area (Å²) < 4.78 is 32.0. The van der Waals surface area contributed by atoms with Crippen molar-refractivity contribution in [3.05, 3.63) is 29.3 Å². The minimum absolute atomic E-state index is 0.0797. The summed E-state index contributed by atoms with van der Waals surface area (Å²) in [6.45, 7) is 0. The van der Waals surface area contributed by atoms with Crippen molar-refractivity contribution in [1.82, 2.24) is 0 Å². The Bertz CT molecular complexity index is 402. The van der Waals surface area contributed by atoms with Gasteiger partial charge in [0.15, 0.2) is 11.6 Å². The molecule has 1 aliphatic carbocycles. The molecule has 4 heteroatoms. The van der Waals surface area contributed by atoms with E-state index in [1.807, 2.05) is 0 Å². The lowest BCUT2D eigenvalue weighted by Crippen LogP contribution is -2.22. The number of hydrogen-bond acceptors (Lipinski definition) is 2. The first-order chi connectivity index (χ1) is 7.56. The number of benzene rings is 1. The SMILES string of the molecule is COc1ccc(F)c(CCC2(N)CC2)c1F. The average Bonchev–Trinajstić information content (AvgIpc) is 2.97. The van der Waals surface area contributed by atoms with Gasteiger partial charge >= 0.3 is 0 Å². The van der Waals surface area contributed by atoms with Crippen LogP contribution in [-0.2, 0) is 6.42 Å². The van der Waals surface area contributed by atoms with E-state index in [4.69, 9.17) is 10.5 Å². The van der Waals surface area contributed by atoms with Gasteiger partial charge in [0.2, 0.25) is 0 Å². The van der Waals surface area contributed by atoms with Gasteiger partial charge in [-0.25, -0.2) is 8.78 Å². The van der Waals surface area contributed by atoms with Gasteiger partial charge in [0.25, 0.3) is 0 Å². The number of rotatable bonds is 4. The third kappa shape index (κ3) is 2.16. The van der Waals surface area contributed by atoms with Crippen LogP contribution in [-0.4, -0.2) is 12.6 Å². The minimum Gasteiger partial charge on any atom is -0.494 e. The van der Waals surface area contributed by atoms with Gasteiger partial charge in [-0.05, 0) is 37.8 Å². The van der Waals surface area contributed by atoms with Gasteiger partial charge in [0.05, 0.1) is 7.11 Å². The second kappa shape index (κ2) is 4.01. The van der Waals surface area contributed by atoms with E-state index in [1.165, 1.54) is 19.2 Å². The Balaban J connectivity index is 2.17. The molecule has 0 radical (unpaired) electrons. The lowest BCUT2D eigenvalue weighted by Gasteiger charge is -2.11. The fourth-order valence-electron chi connectivity index (χ4n) is 1.75. The Morgan fingerprint density at radius 2 is 2.06 bits per heavy atom. The van der Waals surface area contributed by atoms with E-state index in [0.717, 1.165) is 12.8 Å². The van der Waals surface area contributed by atoms with Gasteiger partial charge in [-0.3, -0.25) is 0 Å². The van der Waals surface area contributed by atoms with E-state index in [1.54, 1.807) is 0 Å². The third-order valence-corrected chi connectivity index (χ3v) is 3.14. The van der Waals surface area contributed by atoms with Crippen molar-refractivity contribution in [3.8, 4) is 5.75 Å². The molecule has 0 bridgehead atoms. The van der Waals surface area contributed by atoms with Crippen molar-refractivity contribution in [2.75, 3.05) is 7.11 Å². The van der Waals surface area contributed by atoms with E-state index in [9.17, 15) is 8.78 Å². The summed E-state index contributed by atoms with van der Waals surface area (Å²) in [7, 11) is 1.37. The molecule has 2 nitrogen and oxygen atoms in total. The standard InChI is InChI=1S/C12H15F2NO/c1-16-10-3-2-9(13)8(11(10)14)4-5-12(15)6-7-12/h2-3H,4-7,15H2,1H3. The molecule has 16 heavy (non-hydrogen) atoms. The molecule has 2 N–H and O–H groups in total. The largest absolute Gasteiger partial charge is 0.494 e. The zero-order valence-corrected chi connectivity index (χ0v) is 9.22. The van der Waals surface area contributed by atoms with Crippen molar-refractivity contribution < 1.29 is 13.5 Å². The molecule has 1 fully saturated rings. The van der Waals surface area contributed by atoms with Crippen LogP contribution in [0.15, 0.2) is 12.1 Å². The lowest BCUT2D eigenvalue weighted by atomic mass is 10.0. The molecule has 0 heterocycles. The van der Waals surface area contributed by atoms with Crippen LogP contribution in [0.2, 0.25) is 0 Å². The first-order valence-electron chi connectivity index (χ1n) is 5.35. The van der Waals surface area contributed by atoms with Gasteiger partial charge in [-0.2, -0.15) is 0 Å². The smallest absolute Gasteiger partial charge is 0.171 e. The number of methoxy groups -OCH3 is 1. The van der Waals surface area contributed by atoms with Crippen LogP contribution in [0.5, 0.6) is 5.75 Å². The molecule has 0 amide bonds. The van der Waals surface area contributed by atoms with Gasteiger partial charge in [-0.1, -0.05) is 0 Å². The average molecular weight is 227 g/mol. The Morgan fingerprint density at radius 1 is 1.38 bits per heavy atom. The zero-order chi connectivity index (χ0) is 11.8. The molecule has 1 aliphatic rings. The second-order valence-corrected chi connectivity index (χ2v) is 4.40. The molecule has 0 atom stereocenters. The molecule has 1 saturated carbocycles. The summed E-state index contributed by atoms with van der Waals surface area (Å²) in [4.78, 5) is 0. The molecular formula is C12H15F2NO. The van der Waals surface area contributed by atoms with Crippen LogP contribution in [0.25, 0.3) is 0 Å². The van der Waals surface area contributed by atoms with E-state index >= 15 is 0 Å². The highest BCUT2D eigenvalue weighted by Crippen LogP contribution is 2.37. The normalized spacial score (nSPS) is 17.2. The first kappa shape index (κ1) is 11.3. The van der Waals surface area contributed by atoms with Crippen molar-refractivity contribution in [2.24, 2.45) is 5.73 Å². The second-order valence-electron chi connectivity index (χ2n) is 4.40. The summed E-state index contributed by atoms with van der Waals surface area (Å²) >= 11 is 0. The molecular weight excluding hydrogens is 212 g/mol. The van der Waals surface area contributed by atoms with Crippen LogP contribution < -0.4 is 10.5 Å². The fraction of sp³-hybridized carbons (Fsp3) is 0.500. The third-order valence-electron chi connectivity index (χ3n) is 3.14. The Hall–Kier alpha value is -1.16.